The van der Waals surface area contributed by atoms with Crippen molar-refractivity contribution >= 4 is 33.3 Å². The molecule has 2 aromatic carbocycles. The highest BCUT2D eigenvalue weighted by Crippen LogP contribution is 2.32. The summed E-state index contributed by atoms with van der Waals surface area (Å²) >= 11 is 0. The Balaban J connectivity index is 1.64. The van der Waals surface area contributed by atoms with Gasteiger partial charge >= 0.3 is 5.97 Å². The molecule has 0 aliphatic carbocycles. The number of carbonyl (C=O) groups excluding carboxylic acids is 2. The van der Waals surface area contributed by atoms with Crippen molar-refractivity contribution in [3.8, 4) is 0 Å². The first-order valence-corrected chi connectivity index (χ1v) is 14.5. The standard InChI is InChI=1S/C27H33FN4O7S/c1-5-18-12-23(39-26(18)34)20(29-40(37,38)24-9-7-6-8-21(24)32(35)36)14-30-15-25(33)31(16-27(30,3)4)22-13-19(28)11-10-17(22)2/h6-11,13,18,20,23,29H,5,12,14-16H2,1-4H3/t18-,20+,23+/m1/s1. The summed E-state index contributed by atoms with van der Waals surface area (Å²) in [5.74, 6) is -1.62. The topological polar surface area (TPSA) is 139 Å². The van der Waals surface area contributed by atoms with E-state index in [0.717, 1.165) is 17.7 Å². The van der Waals surface area contributed by atoms with Crippen LogP contribution in [0.15, 0.2) is 47.4 Å². The summed E-state index contributed by atoms with van der Waals surface area (Å²) in [6.45, 7) is 7.45. The van der Waals surface area contributed by atoms with E-state index >= 15 is 0 Å². The van der Waals surface area contributed by atoms with Gasteiger partial charge in [-0.1, -0.05) is 25.1 Å². The number of esters is 1. The van der Waals surface area contributed by atoms with Crippen LogP contribution in [-0.2, 0) is 24.3 Å². The molecule has 11 nitrogen and oxygen atoms in total. The number of carbonyl (C=O) groups is 2. The molecule has 3 atom stereocenters. The Kier molecular flexibility index (Phi) is 8.29. The van der Waals surface area contributed by atoms with E-state index in [1.165, 1.54) is 29.2 Å². The van der Waals surface area contributed by atoms with E-state index in [9.17, 15) is 32.5 Å². The highest BCUT2D eigenvalue weighted by atomic mass is 32.2. The zero-order chi connectivity index (χ0) is 29.4. The highest BCUT2D eigenvalue weighted by molar-refractivity contribution is 7.89. The van der Waals surface area contributed by atoms with Crippen LogP contribution < -0.4 is 9.62 Å². The van der Waals surface area contributed by atoms with Crippen molar-refractivity contribution in [1.82, 2.24) is 9.62 Å². The smallest absolute Gasteiger partial charge is 0.309 e. The number of nitrogens with zero attached hydrogens (tertiary/aromatic N) is 3. The number of nitro groups is 1. The summed E-state index contributed by atoms with van der Waals surface area (Å²) in [5, 5.41) is 11.5. The minimum atomic E-state index is -4.43. The number of hydrogen-bond donors (Lipinski definition) is 1. The minimum absolute atomic E-state index is 0.0110. The molecule has 216 valence electrons. The molecular formula is C27H33FN4O7S. The second-order valence-corrected chi connectivity index (χ2v) is 12.6. The predicted molar refractivity (Wildman–Crippen MR) is 145 cm³/mol. The average Bonchev–Trinajstić information content (AvgIpc) is 3.27. The van der Waals surface area contributed by atoms with Crippen LogP contribution in [0.2, 0.25) is 0 Å². The second kappa shape index (κ2) is 11.2. The van der Waals surface area contributed by atoms with Crippen molar-refractivity contribution in [3.63, 3.8) is 0 Å². The first kappa shape index (κ1) is 29.6. The lowest BCUT2D eigenvalue weighted by Crippen LogP contribution is -2.65. The molecule has 0 bridgehead atoms. The highest BCUT2D eigenvalue weighted by Gasteiger charge is 2.45. The number of anilines is 1. The number of para-hydroxylation sites is 1. The van der Waals surface area contributed by atoms with Crippen LogP contribution in [0.1, 0.15) is 39.2 Å². The molecule has 0 unspecified atom stereocenters. The first-order chi connectivity index (χ1) is 18.7. The zero-order valence-electron chi connectivity index (χ0n) is 22.8. The Hall–Kier alpha value is -3.42. The summed E-state index contributed by atoms with van der Waals surface area (Å²) in [6.07, 6.45) is -0.0745. The average molecular weight is 577 g/mol. The van der Waals surface area contributed by atoms with Crippen LogP contribution in [0.25, 0.3) is 0 Å². The molecule has 2 aromatic rings. The third-order valence-corrected chi connectivity index (χ3v) is 9.16. The van der Waals surface area contributed by atoms with E-state index in [1.54, 1.807) is 17.9 Å². The molecule has 2 aliphatic heterocycles. The fourth-order valence-electron chi connectivity index (χ4n) is 5.26. The first-order valence-electron chi connectivity index (χ1n) is 13.0. The van der Waals surface area contributed by atoms with Crippen molar-refractivity contribution in [3.05, 3.63) is 64.0 Å². The van der Waals surface area contributed by atoms with E-state index in [-0.39, 0.29) is 32.0 Å². The van der Waals surface area contributed by atoms with E-state index < -0.39 is 60.9 Å². The molecule has 2 fully saturated rings. The van der Waals surface area contributed by atoms with Gasteiger partial charge in [0.2, 0.25) is 15.9 Å². The van der Waals surface area contributed by atoms with Crippen molar-refractivity contribution in [2.75, 3.05) is 24.5 Å². The molecule has 2 heterocycles. The molecule has 1 amide bonds. The number of aryl methyl sites for hydroxylation is 1. The fourth-order valence-corrected chi connectivity index (χ4v) is 6.69. The molecule has 0 saturated carbocycles. The number of nitro benzene ring substituents is 1. The molecule has 0 aromatic heterocycles. The van der Waals surface area contributed by atoms with Gasteiger partial charge < -0.3 is 9.64 Å². The van der Waals surface area contributed by atoms with Crippen LogP contribution in [-0.4, -0.2) is 67.4 Å². The van der Waals surface area contributed by atoms with E-state index in [2.05, 4.69) is 4.72 Å². The molecule has 2 aliphatic rings. The number of amides is 1. The fraction of sp³-hybridized carbons (Fsp3) is 0.481. The van der Waals surface area contributed by atoms with Crippen LogP contribution in [0.3, 0.4) is 0 Å². The number of nitrogens with one attached hydrogen (secondary N) is 1. The van der Waals surface area contributed by atoms with Crippen LogP contribution in [0, 0.1) is 28.8 Å². The monoisotopic (exact) mass is 576 g/mol. The van der Waals surface area contributed by atoms with E-state index in [0.29, 0.717) is 12.1 Å². The molecule has 13 heteroatoms. The third-order valence-electron chi connectivity index (χ3n) is 7.62. The number of hydrogen-bond acceptors (Lipinski definition) is 8. The molecule has 0 radical (unpaired) electrons. The normalized spacial score (nSPS) is 22.3. The van der Waals surface area contributed by atoms with Gasteiger partial charge in [-0.3, -0.25) is 24.6 Å². The van der Waals surface area contributed by atoms with E-state index in [4.69, 9.17) is 4.74 Å². The molecule has 40 heavy (non-hydrogen) atoms. The minimum Gasteiger partial charge on any atom is -0.460 e. The molecule has 4 rings (SSSR count). The molecule has 0 spiro atoms. The summed E-state index contributed by atoms with van der Waals surface area (Å²) in [6, 6.07) is 8.23. The Morgan fingerprint density at radius 3 is 2.58 bits per heavy atom. The Labute approximate surface area is 232 Å². The quantitative estimate of drug-likeness (QED) is 0.273. The number of halogens is 1. The number of sulfonamides is 1. The van der Waals surface area contributed by atoms with Crippen LogP contribution in [0.5, 0.6) is 0 Å². The second-order valence-electron chi connectivity index (χ2n) is 10.9. The van der Waals surface area contributed by atoms with E-state index in [1.807, 2.05) is 20.8 Å². The number of ether oxygens (including phenoxy) is 1. The van der Waals surface area contributed by atoms with Gasteiger partial charge in [-0.25, -0.2) is 17.5 Å². The maximum atomic E-state index is 14.0. The Morgan fingerprint density at radius 1 is 1.23 bits per heavy atom. The van der Waals surface area contributed by atoms with Crippen LogP contribution in [0.4, 0.5) is 15.8 Å². The van der Waals surface area contributed by atoms with Gasteiger partial charge in [0.1, 0.15) is 11.9 Å². The van der Waals surface area contributed by atoms with Gasteiger partial charge in [-0.2, -0.15) is 0 Å². The summed E-state index contributed by atoms with van der Waals surface area (Å²) in [4.78, 5) is 39.3. The van der Waals surface area contributed by atoms with Crippen molar-refractivity contribution in [2.24, 2.45) is 5.92 Å². The molecule has 2 saturated heterocycles. The SMILES string of the molecule is CC[C@@H]1C[C@@H]([C@H](CN2CC(=O)N(c3cc(F)ccc3C)CC2(C)C)NS(=O)(=O)c2ccccc2[N+](=O)[O-])OC1=O. The lowest BCUT2D eigenvalue weighted by molar-refractivity contribution is -0.387. The van der Waals surface area contributed by atoms with Crippen molar-refractivity contribution in [2.45, 2.75) is 63.1 Å². The lowest BCUT2D eigenvalue weighted by atomic mass is 9.94. The number of piperazine rings is 1. The van der Waals surface area contributed by atoms with Crippen molar-refractivity contribution < 1.29 is 32.1 Å². The van der Waals surface area contributed by atoms with Crippen molar-refractivity contribution in [1.29, 1.82) is 0 Å². The largest absolute Gasteiger partial charge is 0.460 e. The summed E-state index contributed by atoms with van der Waals surface area (Å²) in [7, 11) is -4.43. The molecular weight excluding hydrogens is 543 g/mol. The third kappa shape index (κ3) is 6.01. The summed E-state index contributed by atoms with van der Waals surface area (Å²) < 4.78 is 49.0. The van der Waals surface area contributed by atoms with Crippen LogP contribution >= 0.6 is 0 Å². The van der Waals surface area contributed by atoms with Gasteiger partial charge in [-0.15, -0.1) is 0 Å². The molecule has 1 N–H and O–H groups in total. The predicted octanol–water partition coefficient (Wildman–Crippen LogP) is 3.16. The van der Waals surface area contributed by atoms with Gasteiger partial charge in [0.05, 0.1) is 23.4 Å². The Bertz CT molecular complexity index is 1430. The van der Waals surface area contributed by atoms with Gasteiger partial charge in [0.25, 0.3) is 5.69 Å². The van der Waals surface area contributed by atoms with Gasteiger partial charge in [-0.05, 0) is 57.4 Å². The maximum Gasteiger partial charge on any atom is 0.309 e. The van der Waals surface area contributed by atoms with Gasteiger partial charge in [0, 0.05) is 30.4 Å². The number of cyclic esters (lactones) is 1. The lowest BCUT2D eigenvalue weighted by Gasteiger charge is -2.48. The van der Waals surface area contributed by atoms with Gasteiger partial charge in [0.15, 0.2) is 4.90 Å². The Morgan fingerprint density at radius 2 is 1.93 bits per heavy atom. The maximum absolute atomic E-state index is 14.0. The number of rotatable bonds is 9. The number of benzene rings is 2. The zero-order valence-corrected chi connectivity index (χ0v) is 23.6. The summed E-state index contributed by atoms with van der Waals surface area (Å²) in [5.41, 5.74) is -0.0837.